The topological polar surface area (TPSA) is 42.9 Å². The normalized spacial score (nSPS) is 20.0. The summed E-state index contributed by atoms with van der Waals surface area (Å²) in [4.78, 5) is 9.50. The number of nitrogens with zero attached hydrogens (tertiary/aromatic N) is 3. The molecule has 5 heteroatoms. The number of nitrogens with one attached hydrogen (secondary N) is 2. The van der Waals surface area contributed by atoms with Crippen LogP contribution < -0.4 is 10.6 Å². The molecular formula is C19H41N5. The lowest BCUT2D eigenvalue weighted by atomic mass is 10.1. The van der Waals surface area contributed by atoms with E-state index in [2.05, 4.69) is 53.1 Å². The maximum Gasteiger partial charge on any atom is 0.191 e. The van der Waals surface area contributed by atoms with Crippen LogP contribution in [0.1, 0.15) is 53.4 Å². The summed E-state index contributed by atoms with van der Waals surface area (Å²) in [7, 11) is 1.86. The Labute approximate surface area is 150 Å². The number of hydrogen-bond donors (Lipinski definition) is 2. The summed E-state index contributed by atoms with van der Waals surface area (Å²) in [6, 6.07) is 0.486. The van der Waals surface area contributed by atoms with Gasteiger partial charge in [-0.3, -0.25) is 4.99 Å². The van der Waals surface area contributed by atoms with Gasteiger partial charge >= 0.3 is 0 Å². The molecular weight excluding hydrogens is 298 g/mol. The van der Waals surface area contributed by atoms with Crippen LogP contribution >= 0.6 is 0 Å². The lowest BCUT2D eigenvalue weighted by Crippen LogP contribution is -2.49. The molecule has 1 heterocycles. The van der Waals surface area contributed by atoms with Crippen LogP contribution in [0.25, 0.3) is 0 Å². The second-order valence-corrected chi connectivity index (χ2v) is 7.33. The van der Waals surface area contributed by atoms with Crippen molar-refractivity contribution >= 4 is 5.96 Å². The number of guanidine groups is 1. The minimum absolute atomic E-state index is 0.486. The van der Waals surface area contributed by atoms with Crippen LogP contribution in [0.4, 0.5) is 0 Å². The molecule has 1 aliphatic heterocycles. The molecule has 1 aliphatic rings. The highest BCUT2D eigenvalue weighted by Gasteiger charge is 2.17. The molecule has 5 nitrogen and oxygen atoms in total. The van der Waals surface area contributed by atoms with Gasteiger partial charge in [-0.1, -0.05) is 40.0 Å². The van der Waals surface area contributed by atoms with E-state index in [0.717, 1.165) is 12.5 Å². The van der Waals surface area contributed by atoms with Crippen LogP contribution in [0.5, 0.6) is 0 Å². The predicted octanol–water partition coefficient (Wildman–Crippen LogP) is 2.39. The van der Waals surface area contributed by atoms with E-state index in [9.17, 15) is 0 Å². The quantitative estimate of drug-likeness (QED) is 0.364. The number of likely N-dealkylation sites (N-methyl/N-ethyl adjacent to an activating group) is 1. The fourth-order valence-corrected chi connectivity index (χ4v) is 3.27. The molecule has 0 spiro atoms. The first kappa shape index (κ1) is 21.2. The summed E-state index contributed by atoms with van der Waals surface area (Å²) in [5, 5.41) is 7.02. The standard InChI is InChI=1S/C19H41N5/c1-6-8-9-10-18(4)22-19(20-5)21-15-17(3)16-24-13-11-23(7-2)12-14-24/h17-18H,6-16H2,1-5H3,(H2,20,21,22). The number of unbranched alkanes of at least 4 members (excludes halogenated alkanes) is 2. The minimum Gasteiger partial charge on any atom is -0.356 e. The average Bonchev–Trinajstić information content (AvgIpc) is 2.59. The fourth-order valence-electron chi connectivity index (χ4n) is 3.27. The number of rotatable bonds is 10. The number of aliphatic imine (C=N–C) groups is 1. The van der Waals surface area contributed by atoms with Crippen LogP contribution in [0.15, 0.2) is 4.99 Å². The molecule has 0 radical (unpaired) electrons. The Morgan fingerprint density at radius 1 is 1.04 bits per heavy atom. The predicted molar refractivity (Wildman–Crippen MR) is 106 cm³/mol. The molecule has 2 N–H and O–H groups in total. The van der Waals surface area contributed by atoms with Crippen molar-refractivity contribution in [1.29, 1.82) is 0 Å². The molecule has 0 aliphatic carbocycles. The summed E-state index contributed by atoms with van der Waals surface area (Å²) in [5.74, 6) is 1.58. The zero-order valence-electron chi connectivity index (χ0n) is 16.8. The van der Waals surface area contributed by atoms with Gasteiger partial charge in [-0.25, -0.2) is 0 Å². The van der Waals surface area contributed by atoms with Crippen LogP contribution in [-0.2, 0) is 0 Å². The average molecular weight is 340 g/mol. The highest BCUT2D eigenvalue weighted by molar-refractivity contribution is 5.79. The van der Waals surface area contributed by atoms with Crippen molar-refractivity contribution in [2.45, 2.75) is 59.4 Å². The molecule has 0 aromatic carbocycles. The van der Waals surface area contributed by atoms with E-state index >= 15 is 0 Å². The number of hydrogen-bond acceptors (Lipinski definition) is 3. The van der Waals surface area contributed by atoms with Crippen LogP contribution in [0, 0.1) is 5.92 Å². The maximum absolute atomic E-state index is 4.37. The Balaban J connectivity index is 2.20. The van der Waals surface area contributed by atoms with Crippen molar-refractivity contribution in [3.05, 3.63) is 0 Å². The molecule has 0 aromatic heterocycles. The van der Waals surface area contributed by atoms with E-state index in [1.807, 2.05) is 7.05 Å². The summed E-state index contributed by atoms with van der Waals surface area (Å²) >= 11 is 0. The molecule has 0 aromatic rings. The molecule has 1 rings (SSSR count). The fraction of sp³-hybridized carbons (Fsp3) is 0.947. The largest absolute Gasteiger partial charge is 0.356 e. The van der Waals surface area contributed by atoms with E-state index < -0.39 is 0 Å². The zero-order chi connectivity index (χ0) is 17.8. The molecule has 0 saturated carbocycles. The van der Waals surface area contributed by atoms with Gasteiger partial charge in [0.2, 0.25) is 0 Å². The van der Waals surface area contributed by atoms with Crippen LogP contribution in [0.3, 0.4) is 0 Å². The summed E-state index contributed by atoms with van der Waals surface area (Å²) in [6.45, 7) is 17.3. The van der Waals surface area contributed by atoms with Crippen LogP contribution in [-0.4, -0.2) is 74.7 Å². The monoisotopic (exact) mass is 339 g/mol. The van der Waals surface area contributed by atoms with E-state index in [1.165, 1.54) is 65.0 Å². The van der Waals surface area contributed by atoms with Gasteiger partial charge in [0, 0.05) is 52.4 Å². The van der Waals surface area contributed by atoms with Gasteiger partial charge in [0.05, 0.1) is 0 Å². The molecule has 1 saturated heterocycles. The summed E-state index contributed by atoms with van der Waals surface area (Å²) in [5.41, 5.74) is 0. The first-order valence-corrected chi connectivity index (χ1v) is 10.0. The molecule has 1 fully saturated rings. The van der Waals surface area contributed by atoms with E-state index in [4.69, 9.17) is 0 Å². The Bertz CT molecular complexity index is 337. The molecule has 142 valence electrons. The summed E-state index contributed by atoms with van der Waals surface area (Å²) < 4.78 is 0. The van der Waals surface area contributed by atoms with Crippen molar-refractivity contribution < 1.29 is 0 Å². The van der Waals surface area contributed by atoms with E-state index in [1.54, 1.807) is 0 Å². The van der Waals surface area contributed by atoms with Gasteiger partial charge in [-0.15, -0.1) is 0 Å². The smallest absolute Gasteiger partial charge is 0.191 e. The lowest BCUT2D eigenvalue weighted by Gasteiger charge is -2.35. The second kappa shape index (κ2) is 12.5. The lowest BCUT2D eigenvalue weighted by molar-refractivity contribution is 0.124. The van der Waals surface area contributed by atoms with Crippen molar-refractivity contribution in [3.8, 4) is 0 Å². The van der Waals surface area contributed by atoms with E-state index in [0.29, 0.717) is 12.0 Å². The molecule has 0 bridgehead atoms. The SMILES string of the molecule is CCCCCC(C)NC(=NC)NCC(C)CN1CCN(CC)CC1. The Kier molecular flexibility index (Phi) is 11.1. The first-order valence-electron chi connectivity index (χ1n) is 10.0. The van der Waals surface area contributed by atoms with Crippen molar-refractivity contribution in [2.24, 2.45) is 10.9 Å². The van der Waals surface area contributed by atoms with Gasteiger partial charge in [0.15, 0.2) is 5.96 Å². The molecule has 24 heavy (non-hydrogen) atoms. The van der Waals surface area contributed by atoms with Crippen LogP contribution in [0.2, 0.25) is 0 Å². The highest BCUT2D eigenvalue weighted by Crippen LogP contribution is 2.05. The van der Waals surface area contributed by atoms with Gasteiger partial charge < -0.3 is 20.4 Å². The first-order chi connectivity index (χ1) is 11.6. The van der Waals surface area contributed by atoms with Crippen molar-refractivity contribution in [2.75, 3.05) is 52.9 Å². The second-order valence-electron chi connectivity index (χ2n) is 7.33. The highest BCUT2D eigenvalue weighted by atomic mass is 15.3. The molecule has 0 amide bonds. The van der Waals surface area contributed by atoms with Gasteiger partial charge in [-0.05, 0) is 25.8 Å². The zero-order valence-corrected chi connectivity index (χ0v) is 16.8. The van der Waals surface area contributed by atoms with Gasteiger partial charge in [0.1, 0.15) is 0 Å². The molecule has 2 unspecified atom stereocenters. The summed E-state index contributed by atoms with van der Waals surface area (Å²) in [6.07, 6.45) is 5.11. The third kappa shape index (κ3) is 8.88. The van der Waals surface area contributed by atoms with Gasteiger partial charge in [0.25, 0.3) is 0 Å². The Hall–Kier alpha value is -0.810. The van der Waals surface area contributed by atoms with Crippen molar-refractivity contribution in [3.63, 3.8) is 0 Å². The maximum atomic E-state index is 4.37. The van der Waals surface area contributed by atoms with Crippen molar-refractivity contribution in [1.82, 2.24) is 20.4 Å². The minimum atomic E-state index is 0.486. The third-order valence-corrected chi connectivity index (χ3v) is 4.95. The number of piperazine rings is 1. The third-order valence-electron chi connectivity index (χ3n) is 4.95. The Morgan fingerprint density at radius 2 is 1.71 bits per heavy atom. The van der Waals surface area contributed by atoms with Gasteiger partial charge in [-0.2, -0.15) is 0 Å². The molecule has 2 atom stereocenters. The van der Waals surface area contributed by atoms with E-state index in [-0.39, 0.29) is 0 Å². The Morgan fingerprint density at radius 3 is 2.29 bits per heavy atom.